The predicted molar refractivity (Wildman–Crippen MR) is 74.5 cm³/mol. The molecular formula is C12H18N2O2S2. The Labute approximate surface area is 115 Å². The van der Waals surface area contributed by atoms with Crippen LogP contribution in [0.4, 0.5) is 0 Å². The fraction of sp³-hybridized carbons (Fsp3) is 0.667. The molecule has 0 radical (unpaired) electrons. The zero-order valence-electron chi connectivity index (χ0n) is 10.3. The number of carbonyl (C=O) groups is 1. The summed E-state index contributed by atoms with van der Waals surface area (Å²) >= 11 is 3.28. The van der Waals surface area contributed by atoms with Gasteiger partial charge in [0.05, 0.1) is 12.1 Å². The Kier molecular flexibility index (Phi) is 5.46. The van der Waals surface area contributed by atoms with E-state index in [2.05, 4.69) is 9.88 Å². The first kappa shape index (κ1) is 13.8. The van der Waals surface area contributed by atoms with Crippen LogP contribution in [0.5, 0.6) is 0 Å². The van der Waals surface area contributed by atoms with Crippen molar-refractivity contribution in [1.82, 2.24) is 9.88 Å². The van der Waals surface area contributed by atoms with Gasteiger partial charge in [-0.15, -0.1) is 11.3 Å². The molecular weight excluding hydrogens is 268 g/mol. The number of thiazole rings is 1. The minimum Gasteiger partial charge on any atom is -0.481 e. The molecule has 0 atom stereocenters. The van der Waals surface area contributed by atoms with E-state index in [1.54, 1.807) is 23.1 Å². The average Bonchev–Trinajstić information content (AvgIpc) is 2.77. The maximum atomic E-state index is 10.5. The van der Waals surface area contributed by atoms with Crippen molar-refractivity contribution in [3.05, 3.63) is 11.1 Å². The third kappa shape index (κ3) is 4.59. The molecule has 1 fully saturated rings. The highest BCUT2D eigenvalue weighted by molar-refractivity contribution is 8.01. The molecule has 2 rings (SSSR count). The van der Waals surface area contributed by atoms with Crippen LogP contribution >= 0.6 is 23.1 Å². The Morgan fingerprint density at radius 2 is 2.22 bits per heavy atom. The molecule has 1 aliphatic rings. The summed E-state index contributed by atoms with van der Waals surface area (Å²) in [7, 11) is 0. The van der Waals surface area contributed by atoms with Crippen LogP contribution in [-0.4, -0.2) is 46.3 Å². The number of rotatable bonds is 6. The number of hydrogen-bond donors (Lipinski definition) is 1. The second kappa shape index (κ2) is 7.11. The van der Waals surface area contributed by atoms with Crippen LogP contribution in [0, 0.1) is 0 Å². The van der Waals surface area contributed by atoms with Crippen molar-refractivity contribution in [2.75, 3.05) is 25.4 Å². The van der Waals surface area contributed by atoms with Crippen LogP contribution in [-0.2, 0) is 11.2 Å². The largest absolute Gasteiger partial charge is 0.481 e. The minimum absolute atomic E-state index is 0.0309. The van der Waals surface area contributed by atoms with Gasteiger partial charge in [0, 0.05) is 17.7 Å². The van der Waals surface area contributed by atoms with Crippen molar-refractivity contribution in [3.63, 3.8) is 0 Å². The first-order chi connectivity index (χ1) is 8.74. The van der Waals surface area contributed by atoms with Gasteiger partial charge in [-0.25, -0.2) is 4.98 Å². The molecule has 4 nitrogen and oxygen atoms in total. The molecule has 0 bridgehead atoms. The zero-order chi connectivity index (χ0) is 12.8. The number of carboxylic acids is 1. The summed E-state index contributed by atoms with van der Waals surface area (Å²) in [4.78, 5) is 17.4. The van der Waals surface area contributed by atoms with E-state index in [0.717, 1.165) is 16.6 Å². The van der Waals surface area contributed by atoms with E-state index < -0.39 is 5.97 Å². The lowest BCUT2D eigenvalue weighted by Gasteiger charge is -2.25. The van der Waals surface area contributed by atoms with Gasteiger partial charge >= 0.3 is 5.97 Å². The van der Waals surface area contributed by atoms with E-state index in [1.165, 1.54) is 32.4 Å². The van der Waals surface area contributed by atoms with Gasteiger partial charge in [-0.3, -0.25) is 4.79 Å². The summed E-state index contributed by atoms with van der Waals surface area (Å²) in [5, 5.41) is 10.5. The predicted octanol–water partition coefficient (Wildman–Crippen LogP) is 2.35. The van der Waals surface area contributed by atoms with E-state index in [9.17, 15) is 4.79 Å². The first-order valence-corrected chi connectivity index (χ1v) is 8.12. The van der Waals surface area contributed by atoms with Gasteiger partial charge in [0.1, 0.15) is 4.34 Å². The molecule has 0 amide bonds. The van der Waals surface area contributed by atoms with E-state index in [1.807, 2.05) is 5.38 Å². The number of nitrogens with zero attached hydrogens (tertiary/aromatic N) is 2. The SMILES string of the molecule is O=C(O)Cc1csc(SCCN2CCCCC2)n1. The van der Waals surface area contributed by atoms with Gasteiger partial charge in [-0.05, 0) is 25.9 Å². The van der Waals surface area contributed by atoms with Crippen molar-refractivity contribution >= 4 is 29.1 Å². The summed E-state index contributed by atoms with van der Waals surface area (Å²) in [6.45, 7) is 3.56. The Bertz CT molecular complexity index is 389. The topological polar surface area (TPSA) is 53.4 Å². The Morgan fingerprint density at radius 1 is 1.44 bits per heavy atom. The van der Waals surface area contributed by atoms with Gasteiger partial charge in [0.25, 0.3) is 0 Å². The van der Waals surface area contributed by atoms with Crippen LogP contribution in [0.15, 0.2) is 9.72 Å². The van der Waals surface area contributed by atoms with Crippen molar-refractivity contribution in [3.8, 4) is 0 Å². The van der Waals surface area contributed by atoms with Gasteiger partial charge in [-0.1, -0.05) is 18.2 Å². The van der Waals surface area contributed by atoms with Gasteiger partial charge in [0.15, 0.2) is 0 Å². The van der Waals surface area contributed by atoms with Crippen LogP contribution in [0.25, 0.3) is 0 Å². The fourth-order valence-electron chi connectivity index (χ4n) is 2.04. The third-order valence-corrected chi connectivity index (χ3v) is 4.99. The minimum atomic E-state index is -0.815. The standard InChI is InChI=1S/C12H18N2O2S2/c15-11(16)8-10-9-18-12(13-10)17-7-6-14-4-2-1-3-5-14/h9H,1-8H2,(H,15,16). The van der Waals surface area contributed by atoms with Crippen molar-refractivity contribution in [2.45, 2.75) is 30.0 Å². The molecule has 1 saturated heterocycles. The Hall–Kier alpha value is -0.590. The smallest absolute Gasteiger partial charge is 0.309 e. The summed E-state index contributed by atoms with van der Waals surface area (Å²) in [6, 6.07) is 0. The van der Waals surface area contributed by atoms with Crippen molar-refractivity contribution < 1.29 is 9.90 Å². The highest BCUT2D eigenvalue weighted by Gasteiger charge is 2.10. The highest BCUT2D eigenvalue weighted by Crippen LogP contribution is 2.23. The lowest BCUT2D eigenvalue weighted by molar-refractivity contribution is -0.136. The Morgan fingerprint density at radius 3 is 2.94 bits per heavy atom. The highest BCUT2D eigenvalue weighted by atomic mass is 32.2. The molecule has 1 aromatic heterocycles. The molecule has 18 heavy (non-hydrogen) atoms. The molecule has 0 aliphatic carbocycles. The molecule has 1 aliphatic heterocycles. The molecule has 2 heterocycles. The number of likely N-dealkylation sites (tertiary alicyclic amines) is 1. The zero-order valence-corrected chi connectivity index (χ0v) is 11.9. The van der Waals surface area contributed by atoms with Crippen LogP contribution in [0.3, 0.4) is 0 Å². The summed E-state index contributed by atoms with van der Waals surface area (Å²) in [5.41, 5.74) is 0.674. The number of piperidine rings is 1. The third-order valence-electron chi connectivity index (χ3n) is 2.94. The maximum absolute atomic E-state index is 10.5. The normalized spacial score (nSPS) is 16.9. The quantitative estimate of drug-likeness (QED) is 0.814. The number of hydrogen-bond acceptors (Lipinski definition) is 5. The summed E-state index contributed by atoms with van der Waals surface area (Å²) in [5.74, 6) is 0.227. The fourth-order valence-corrected chi connectivity index (χ4v) is 3.95. The van der Waals surface area contributed by atoms with Crippen molar-refractivity contribution in [1.29, 1.82) is 0 Å². The lowest BCUT2D eigenvalue weighted by Crippen LogP contribution is -2.31. The molecule has 0 aromatic carbocycles. The van der Waals surface area contributed by atoms with E-state index >= 15 is 0 Å². The lowest BCUT2D eigenvalue weighted by atomic mass is 10.1. The number of aromatic nitrogens is 1. The number of carboxylic acid groups (broad SMARTS) is 1. The summed E-state index contributed by atoms with van der Waals surface area (Å²) in [6.07, 6.45) is 4.05. The Balaban J connectivity index is 1.69. The van der Waals surface area contributed by atoms with E-state index in [-0.39, 0.29) is 6.42 Å². The molecule has 1 N–H and O–H groups in total. The second-order valence-electron chi connectivity index (χ2n) is 4.43. The molecule has 100 valence electrons. The van der Waals surface area contributed by atoms with Gasteiger partial charge in [0.2, 0.25) is 0 Å². The molecule has 1 aromatic rings. The maximum Gasteiger partial charge on any atom is 0.309 e. The molecule has 0 saturated carbocycles. The second-order valence-corrected chi connectivity index (χ2v) is 6.63. The molecule has 6 heteroatoms. The van der Waals surface area contributed by atoms with Crippen LogP contribution in [0.2, 0.25) is 0 Å². The van der Waals surface area contributed by atoms with Crippen LogP contribution in [0.1, 0.15) is 25.0 Å². The van der Waals surface area contributed by atoms with Crippen molar-refractivity contribution in [2.24, 2.45) is 0 Å². The first-order valence-electron chi connectivity index (χ1n) is 6.25. The van der Waals surface area contributed by atoms with Gasteiger partial charge < -0.3 is 10.0 Å². The molecule has 0 unspecified atom stereocenters. The summed E-state index contributed by atoms with van der Waals surface area (Å²) < 4.78 is 0.989. The number of thioether (sulfide) groups is 1. The number of aliphatic carboxylic acids is 1. The van der Waals surface area contributed by atoms with Gasteiger partial charge in [-0.2, -0.15) is 0 Å². The monoisotopic (exact) mass is 286 g/mol. The molecule has 0 spiro atoms. The average molecular weight is 286 g/mol. The van der Waals surface area contributed by atoms with Crippen LogP contribution < -0.4 is 0 Å². The van der Waals surface area contributed by atoms with E-state index in [4.69, 9.17) is 5.11 Å². The van der Waals surface area contributed by atoms with E-state index in [0.29, 0.717) is 5.69 Å².